The Morgan fingerprint density at radius 3 is 1.90 bits per heavy atom. The van der Waals surface area contributed by atoms with Crippen molar-refractivity contribution in [2.75, 3.05) is 5.43 Å². The molecule has 0 fully saturated rings. The first-order valence-electron chi connectivity index (χ1n) is 11.1. The van der Waals surface area contributed by atoms with Gasteiger partial charge in [0.15, 0.2) is 0 Å². The Balaban J connectivity index is 1.60. The van der Waals surface area contributed by atoms with Crippen LogP contribution in [0.3, 0.4) is 0 Å². The Morgan fingerprint density at radius 1 is 0.775 bits per heavy atom. The van der Waals surface area contributed by atoms with E-state index in [1.54, 1.807) is 0 Å². The molecule has 0 saturated carbocycles. The van der Waals surface area contributed by atoms with E-state index in [1.807, 2.05) is 0 Å². The van der Waals surface area contributed by atoms with Crippen LogP contribution in [0.25, 0.3) is 0 Å². The van der Waals surface area contributed by atoms with Crippen LogP contribution in [0.4, 0.5) is 11.4 Å². The summed E-state index contributed by atoms with van der Waals surface area (Å²) in [5.74, 6) is -1.54. The maximum absolute atomic E-state index is 12.9. The van der Waals surface area contributed by atoms with Crippen molar-refractivity contribution in [2.24, 2.45) is 5.10 Å². The molecule has 4 rings (SSSR count). The van der Waals surface area contributed by atoms with Gasteiger partial charge in [-0.1, -0.05) is 46.4 Å². The van der Waals surface area contributed by atoms with Crippen LogP contribution >= 0.6 is 46.4 Å². The predicted octanol–water partition coefficient (Wildman–Crippen LogP) is 8.09. The molecule has 0 aliphatic rings. The molecule has 0 unspecified atom stereocenters. The van der Waals surface area contributed by atoms with Crippen molar-refractivity contribution in [3.8, 4) is 11.5 Å². The molecule has 202 valence electrons. The third-order valence-corrected chi connectivity index (χ3v) is 6.27. The van der Waals surface area contributed by atoms with Crippen molar-refractivity contribution in [2.45, 2.75) is 0 Å². The zero-order chi connectivity index (χ0) is 28.8. The molecule has 0 aromatic heterocycles. The minimum absolute atomic E-state index is 0.0160. The number of hydrogen-bond donors (Lipinski definition) is 1. The first kappa shape index (κ1) is 28.8. The molecule has 0 heterocycles. The third kappa shape index (κ3) is 7.28. The maximum Gasteiger partial charge on any atom is 0.345 e. The lowest BCUT2D eigenvalue weighted by Crippen LogP contribution is -2.12. The first-order chi connectivity index (χ1) is 19.1. The van der Waals surface area contributed by atoms with Gasteiger partial charge in [0.1, 0.15) is 11.5 Å². The molecule has 0 amide bonds. The Hall–Kier alpha value is -4.15. The van der Waals surface area contributed by atoms with Crippen LogP contribution in [0.2, 0.25) is 20.1 Å². The summed E-state index contributed by atoms with van der Waals surface area (Å²) in [6.45, 7) is 0. The molecule has 0 bridgehead atoms. The number of nitrogens with one attached hydrogen (secondary N) is 1. The number of non-ortho nitro benzene ring substituents is 1. The summed E-state index contributed by atoms with van der Waals surface area (Å²) < 4.78 is 11.0. The summed E-state index contributed by atoms with van der Waals surface area (Å²) in [4.78, 5) is 35.9. The van der Waals surface area contributed by atoms with Gasteiger partial charge in [-0.25, -0.2) is 9.59 Å². The Kier molecular flexibility index (Phi) is 9.23. The second-order valence-corrected chi connectivity index (χ2v) is 9.59. The van der Waals surface area contributed by atoms with E-state index < -0.39 is 16.9 Å². The molecule has 0 saturated heterocycles. The molecular weight excluding hydrogens is 604 g/mol. The SMILES string of the molecule is O=C(Oc1ccc(/C=N/Nc2ccc([N+](=O)[O-])cc2)c(OC(=O)c2ccc(Cl)cc2Cl)c1)c1ccc(Cl)cc1Cl. The number of carbonyl (C=O) groups is 2. The van der Waals surface area contributed by atoms with Gasteiger partial charge >= 0.3 is 11.9 Å². The lowest BCUT2D eigenvalue weighted by Gasteiger charge is -2.12. The van der Waals surface area contributed by atoms with E-state index in [9.17, 15) is 19.7 Å². The molecule has 4 aromatic carbocycles. The van der Waals surface area contributed by atoms with Crippen molar-refractivity contribution in [1.82, 2.24) is 0 Å². The zero-order valence-electron chi connectivity index (χ0n) is 19.9. The number of rotatable bonds is 8. The molecule has 13 heteroatoms. The number of halogens is 4. The van der Waals surface area contributed by atoms with E-state index in [1.165, 1.54) is 85.1 Å². The number of carbonyl (C=O) groups excluding carboxylic acids is 2. The molecule has 1 N–H and O–H groups in total. The van der Waals surface area contributed by atoms with E-state index >= 15 is 0 Å². The average Bonchev–Trinajstić information content (AvgIpc) is 2.90. The fraction of sp³-hybridized carbons (Fsp3) is 0. The van der Waals surface area contributed by atoms with Gasteiger partial charge in [0.2, 0.25) is 0 Å². The maximum atomic E-state index is 12.9. The number of nitro benzene ring substituents is 1. The van der Waals surface area contributed by atoms with Crippen molar-refractivity contribution < 1.29 is 24.0 Å². The number of anilines is 1. The topological polar surface area (TPSA) is 120 Å². The molecule has 0 radical (unpaired) electrons. The summed E-state index contributed by atoms with van der Waals surface area (Å²) in [7, 11) is 0. The van der Waals surface area contributed by atoms with Crippen LogP contribution in [0.1, 0.15) is 26.3 Å². The number of nitro groups is 1. The van der Waals surface area contributed by atoms with Crippen LogP contribution in [0.5, 0.6) is 11.5 Å². The van der Waals surface area contributed by atoms with Crippen LogP contribution in [0, 0.1) is 10.1 Å². The molecule has 9 nitrogen and oxygen atoms in total. The molecular formula is C27H15Cl4N3O6. The second kappa shape index (κ2) is 12.8. The Labute approximate surface area is 247 Å². The monoisotopic (exact) mass is 617 g/mol. The fourth-order valence-electron chi connectivity index (χ4n) is 3.23. The molecule has 40 heavy (non-hydrogen) atoms. The average molecular weight is 619 g/mol. The van der Waals surface area contributed by atoms with Gasteiger partial charge in [-0.15, -0.1) is 0 Å². The lowest BCUT2D eigenvalue weighted by molar-refractivity contribution is -0.384. The first-order valence-corrected chi connectivity index (χ1v) is 12.6. The largest absolute Gasteiger partial charge is 0.423 e. The summed E-state index contributed by atoms with van der Waals surface area (Å²) in [6.07, 6.45) is 1.34. The highest BCUT2D eigenvalue weighted by Gasteiger charge is 2.18. The summed E-state index contributed by atoms with van der Waals surface area (Å²) in [5, 5.41) is 15.8. The molecule has 0 spiro atoms. The highest BCUT2D eigenvalue weighted by Crippen LogP contribution is 2.29. The third-order valence-electron chi connectivity index (χ3n) is 5.18. The summed E-state index contributed by atoms with van der Waals surface area (Å²) in [6, 6.07) is 18.5. The molecule has 0 atom stereocenters. The van der Waals surface area contributed by atoms with Crippen LogP contribution in [-0.4, -0.2) is 23.1 Å². The standard InChI is InChI=1S/C27H15Cl4N3O6/c28-16-2-9-21(23(30)11-16)26(35)39-20-8-1-15(14-32-33-18-4-6-19(7-5-18)34(37)38)25(13-20)40-27(36)22-10-3-17(29)12-24(22)31/h1-14,33H/b32-14+. The van der Waals surface area contributed by atoms with E-state index in [0.717, 1.165) is 0 Å². The number of benzene rings is 4. The fourth-order valence-corrected chi connectivity index (χ4v) is 4.21. The minimum Gasteiger partial charge on any atom is -0.423 e. The highest BCUT2D eigenvalue weighted by atomic mass is 35.5. The van der Waals surface area contributed by atoms with Gasteiger partial charge in [-0.3, -0.25) is 15.5 Å². The molecule has 0 aliphatic heterocycles. The van der Waals surface area contributed by atoms with E-state index in [4.69, 9.17) is 55.9 Å². The summed E-state index contributed by atoms with van der Waals surface area (Å²) in [5.41, 5.74) is 3.57. The van der Waals surface area contributed by atoms with Gasteiger partial charge in [0, 0.05) is 33.8 Å². The number of hydrazone groups is 1. The Bertz CT molecular complexity index is 1640. The number of hydrogen-bond acceptors (Lipinski definition) is 8. The smallest absolute Gasteiger partial charge is 0.345 e. The van der Waals surface area contributed by atoms with Crippen molar-refractivity contribution in [3.63, 3.8) is 0 Å². The Morgan fingerprint density at radius 2 is 1.35 bits per heavy atom. The molecule has 0 aliphatic carbocycles. The van der Waals surface area contributed by atoms with Gasteiger partial charge < -0.3 is 9.47 Å². The van der Waals surface area contributed by atoms with Gasteiger partial charge in [-0.05, 0) is 60.7 Å². The summed E-state index contributed by atoms with van der Waals surface area (Å²) >= 11 is 24.1. The number of ether oxygens (including phenoxy) is 2. The number of nitrogens with zero attached hydrogens (tertiary/aromatic N) is 2. The van der Waals surface area contributed by atoms with Crippen LogP contribution in [0.15, 0.2) is 84.0 Å². The van der Waals surface area contributed by atoms with E-state index in [2.05, 4.69) is 10.5 Å². The van der Waals surface area contributed by atoms with Gasteiger partial charge in [-0.2, -0.15) is 5.10 Å². The quantitative estimate of drug-likeness (QED) is 0.0696. The predicted molar refractivity (Wildman–Crippen MR) is 154 cm³/mol. The normalized spacial score (nSPS) is 10.8. The van der Waals surface area contributed by atoms with Gasteiger partial charge in [0.05, 0.1) is 38.0 Å². The second-order valence-electron chi connectivity index (χ2n) is 7.90. The van der Waals surface area contributed by atoms with Crippen molar-refractivity contribution in [3.05, 3.63) is 126 Å². The van der Waals surface area contributed by atoms with Crippen LogP contribution < -0.4 is 14.9 Å². The lowest BCUT2D eigenvalue weighted by atomic mass is 10.2. The van der Waals surface area contributed by atoms with Crippen LogP contribution in [-0.2, 0) is 0 Å². The number of esters is 2. The van der Waals surface area contributed by atoms with Crippen molar-refractivity contribution in [1.29, 1.82) is 0 Å². The van der Waals surface area contributed by atoms with E-state index in [-0.39, 0.29) is 38.4 Å². The van der Waals surface area contributed by atoms with Crippen molar-refractivity contribution >= 4 is 75.9 Å². The van der Waals surface area contributed by atoms with Gasteiger partial charge in [0.25, 0.3) is 5.69 Å². The zero-order valence-corrected chi connectivity index (χ0v) is 23.0. The minimum atomic E-state index is -0.802. The molecule has 4 aromatic rings. The highest BCUT2D eigenvalue weighted by molar-refractivity contribution is 6.37. The van der Waals surface area contributed by atoms with E-state index in [0.29, 0.717) is 21.3 Å².